The first-order chi connectivity index (χ1) is 14.1. The van der Waals surface area contributed by atoms with Crippen LogP contribution in [0.3, 0.4) is 0 Å². The van der Waals surface area contributed by atoms with E-state index in [0.29, 0.717) is 23.1 Å². The Labute approximate surface area is 171 Å². The molecule has 8 nitrogen and oxygen atoms in total. The van der Waals surface area contributed by atoms with E-state index in [1.807, 2.05) is 13.8 Å². The van der Waals surface area contributed by atoms with Crippen molar-refractivity contribution in [1.29, 1.82) is 0 Å². The van der Waals surface area contributed by atoms with Crippen LogP contribution in [0.15, 0.2) is 15.8 Å². The van der Waals surface area contributed by atoms with Gasteiger partial charge in [0, 0.05) is 26.1 Å². The van der Waals surface area contributed by atoms with Crippen molar-refractivity contribution in [3.63, 3.8) is 0 Å². The highest BCUT2D eigenvalue weighted by atomic mass is 19.4. The number of aromatic nitrogens is 2. The minimum Gasteiger partial charge on any atom is -0.363 e. The van der Waals surface area contributed by atoms with Gasteiger partial charge in [-0.1, -0.05) is 19.8 Å². The van der Waals surface area contributed by atoms with Gasteiger partial charge in [-0.2, -0.15) is 13.2 Å². The number of H-pyrrole nitrogens is 1. The molecule has 1 aromatic rings. The Morgan fingerprint density at radius 2 is 2.07 bits per heavy atom. The van der Waals surface area contributed by atoms with Gasteiger partial charge in [0.2, 0.25) is 0 Å². The molecule has 3 atom stereocenters. The number of nitrogens with zero attached hydrogens (tertiary/aromatic N) is 1. The number of methoxy groups -OCH3 is 1. The summed E-state index contributed by atoms with van der Waals surface area (Å²) in [4.78, 5) is 25.3. The number of hydrogen-bond acceptors (Lipinski definition) is 6. The Hall–Kier alpha value is -2.13. The zero-order chi connectivity index (χ0) is 22.3. The average Bonchev–Trinajstić information content (AvgIpc) is 3.03. The van der Waals surface area contributed by atoms with Crippen molar-refractivity contribution in [3.05, 3.63) is 32.6 Å². The first kappa shape index (κ1) is 24.1. The van der Waals surface area contributed by atoms with Crippen molar-refractivity contribution in [3.8, 4) is 11.8 Å². The molecule has 2 rings (SSSR count). The fraction of sp³-hybridized carbons (Fsp3) is 0.684. The number of aromatic amines is 1. The van der Waals surface area contributed by atoms with E-state index in [1.54, 1.807) is 4.98 Å². The molecule has 1 aliphatic rings. The molecule has 0 amide bonds. The molecule has 0 bridgehead atoms. The summed E-state index contributed by atoms with van der Waals surface area (Å²) in [5, 5.41) is 0. The SMILES string of the molecule is COCOC[C@H]1O[C@@H](n2cc(C(F)(F)F)c(=O)[nH]c2=O)C[C@@H]1OCC#CCC(C)C. The molecule has 0 spiro atoms. The standard InChI is InChI=1S/C19H25F3N2O6/c1-12(2)6-4-5-7-29-14-8-16(30-15(14)10-28-11-27-3)24-9-13(19(20,21)22)17(25)23-18(24)26/h9,12,14-16H,6-8,10-11H2,1-3H3,(H,23,25,26)/t14-,15+,16+/m0/s1. The third-order valence-electron chi connectivity index (χ3n) is 4.25. The molecule has 1 fully saturated rings. The van der Waals surface area contributed by atoms with Crippen molar-refractivity contribution in [2.45, 2.75) is 51.3 Å². The second kappa shape index (κ2) is 10.8. The van der Waals surface area contributed by atoms with Crippen LogP contribution in [0.1, 0.15) is 38.5 Å². The summed E-state index contributed by atoms with van der Waals surface area (Å²) in [6.07, 6.45) is -5.97. The second-order valence-electron chi connectivity index (χ2n) is 7.15. The van der Waals surface area contributed by atoms with Crippen molar-refractivity contribution in [2.75, 3.05) is 27.1 Å². The van der Waals surface area contributed by atoms with E-state index in [1.165, 1.54) is 7.11 Å². The Morgan fingerprint density at radius 3 is 2.70 bits per heavy atom. The highest BCUT2D eigenvalue weighted by Crippen LogP contribution is 2.32. The molecule has 0 aliphatic carbocycles. The lowest BCUT2D eigenvalue weighted by molar-refractivity contribution is -0.140. The van der Waals surface area contributed by atoms with Gasteiger partial charge in [0.15, 0.2) is 0 Å². The number of nitrogens with one attached hydrogen (secondary N) is 1. The van der Waals surface area contributed by atoms with Gasteiger partial charge in [-0.25, -0.2) is 4.79 Å². The maximum atomic E-state index is 13.1. The Morgan fingerprint density at radius 1 is 1.33 bits per heavy atom. The van der Waals surface area contributed by atoms with Crippen LogP contribution < -0.4 is 11.2 Å². The zero-order valence-electron chi connectivity index (χ0n) is 17.0. The van der Waals surface area contributed by atoms with Crippen molar-refractivity contribution < 1.29 is 32.1 Å². The normalized spacial score (nSPS) is 21.6. The highest BCUT2D eigenvalue weighted by Gasteiger charge is 2.40. The van der Waals surface area contributed by atoms with Crippen LogP contribution in [0.2, 0.25) is 0 Å². The molecule has 2 heterocycles. The smallest absolute Gasteiger partial charge is 0.363 e. The number of alkyl halides is 3. The van der Waals surface area contributed by atoms with Crippen LogP contribution >= 0.6 is 0 Å². The lowest BCUT2D eigenvalue weighted by Crippen LogP contribution is -2.36. The van der Waals surface area contributed by atoms with E-state index < -0.39 is 41.4 Å². The van der Waals surface area contributed by atoms with Gasteiger partial charge in [-0.3, -0.25) is 14.3 Å². The van der Waals surface area contributed by atoms with Crippen molar-refractivity contribution in [2.24, 2.45) is 5.92 Å². The minimum atomic E-state index is -4.91. The number of halogens is 3. The zero-order valence-corrected chi connectivity index (χ0v) is 17.0. The predicted molar refractivity (Wildman–Crippen MR) is 99.7 cm³/mol. The molecular weight excluding hydrogens is 409 g/mol. The van der Waals surface area contributed by atoms with Crippen LogP contribution in [-0.4, -0.2) is 48.9 Å². The van der Waals surface area contributed by atoms with Crippen LogP contribution in [0.5, 0.6) is 0 Å². The highest BCUT2D eigenvalue weighted by molar-refractivity contribution is 5.09. The summed E-state index contributed by atoms with van der Waals surface area (Å²) in [6.45, 7) is 4.19. The summed E-state index contributed by atoms with van der Waals surface area (Å²) < 4.78 is 61.4. The van der Waals surface area contributed by atoms with E-state index in [0.717, 1.165) is 0 Å². The lowest BCUT2D eigenvalue weighted by Gasteiger charge is -2.18. The Balaban J connectivity index is 2.18. The fourth-order valence-corrected chi connectivity index (χ4v) is 2.82. The van der Waals surface area contributed by atoms with Gasteiger partial charge < -0.3 is 18.9 Å². The van der Waals surface area contributed by atoms with Crippen LogP contribution in [0, 0.1) is 17.8 Å². The average molecular weight is 434 g/mol. The van der Waals surface area contributed by atoms with E-state index in [-0.39, 0.29) is 26.4 Å². The van der Waals surface area contributed by atoms with E-state index in [2.05, 4.69) is 11.8 Å². The predicted octanol–water partition coefficient (Wildman–Crippen LogP) is 1.90. The molecule has 0 saturated carbocycles. The molecule has 1 N–H and O–H groups in total. The Kier molecular flexibility index (Phi) is 8.66. The van der Waals surface area contributed by atoms with Gasteiger partial charge in [-0.15, -0.1) is 5.92 Å². The summed E-state index contributed by atoms with van der Waals surface area (Å²) in [7, 11) is 1.44. The van der Waals surface area contributed by atoms with Crippen LogP contribution in [0.4, 0.5) is 13.2 Å². The van der Waals surface area contributed by atoms with Gasteiger partial charge in [-0.05, 0) is 5.92 Å². The van der Waals surface area contributed by atoms with Gasteiger partial charge >= 0.3 is 11.9 Å². The van der Waals surface area contributed by atoms with Crippen molar-refractivity contribution >= 4 is 0 Å². The summed E-state index contributed by atoms with van der Waals surface area (Å²) >= 11 is 0. The summed E-state index contributed by atoms with van der Waals surface area (Å²) in [5.41, 5.74) is -4.00. The number of rotatable bonds is 8. The fourth-order valence-electron chi connectivity index (χ4n) is 2.82. The first-order valence-corrected chi connectivity index (χ1v) is 9.35. The third-order valence-corrected chi connectivity index (χ3v) is 4.25. The topological polar surface area (TPSA) is 91.8 Å². The molecule has 0 radical (unpaired) electrons. The summed E-state index contributed by atoms with van der Waals surface area (Å²) in [6, 6.07) is 0. The molecule has 1 aliphatic heterocycles. The molecule has 1 aromatic heterocycles. The lowest BCUT2D eigenvalue weighted by atomic mass is 10.1. The Bertz CT molecular complexity index is 868. The minimum absolute atomic E-state index is 0.0116. The molecule has 30 heavy (non-hydrogen) atoms. The van der Waals surface area contributed by atoms with Gasteiger partial charge in [0.25, 0.3) is 5.56 Å². The molecule has 1 saturated heterocycles. The third kappa shape index (κ3) is 6.70. The maximum Gasteiger partial charge on any atom is 0.423 e. The van der Waals surface area contributed by atoms with E-state index in [4.69, 9.17) is 18.9 Å². The van der Waals surface area contributed by atoms with Gasteiger partial charge in [0.05, 0.1) is 12.7 Å². The largest absolute Gasteiger partial charge is 0.423 e. The van der Waals surface area contributed by atoms with Crippen LogP contribution in [-0.2, 0) is 25.1 Å². The van der Waals surface area contributed by atoms with E-state index >= 15 is 0 Å². The van der Waals surface area contributed by atoms with Crippen molar-refractivity contribution in [1.82, 2.24) is 9.55 Å². The molecule has 11 heteroatoms. The first-order valence-electron chi connectivity index (χ1n) is 9.35. The second-order valence-corrected chi connectivity index (χ2v) is 7.15. The number of hydrogen-bond donors (Lipinski definition) is 1. The maximum absolute atomic E-state index is 13.1. The van der Waals surface area contributed by atoms with Gasteiger partial charge in [0.1, 0.15) is 31.3 Å². The molecule has 0 aromatic carbocycles. The summed E-state index contributed by atoms with van der Waals surface area (Å²) in [5.74, 6) is 6.27. The molecular formula is C19H25F3N2O6. The molecule has 168 valence electrons. The molecule has 0 unspecified atom stereocenters. The quantitative estimate of drug-likeness (QED) is 0.382. The van der Waals surface area contributed by atoms with E-state index in [9.17, 15) is 22.8 Å². The van der Waals surface area contributed by atoms with Crippen LogP contribution in [0.25, 0.3) is 0 Å². The monoisotopic (exact) mass is 434 g/mol. The number of ether oxygens (including phenoxy) is 4.